The molecule has 0 fully saturated rings. The lowest BCUT2D eigenvalue weighted by molar-refractivity contribution is -0.115. The summed E-state index contributed by atoms with van der Waals surface area (Å²) in [5, 5.41) is 3.02. The maximum atomic E-state index is 12.1. The zero-order valence-electron chi connectivity index (χ0n) is 11.3. The van der Waals surface area contributed by atoms with Gasteiger partial charge < -0.3 is 5.32 Å². The standard InChI is InChI=1S/C16H18N2O/c1-3-14-6-4-5-12(2)16(14)18-15(19)11-13-7-9-17-10-8-13/h4-10H,3,11H2,1-2H3,(H,18,19). The fraction of sp³-hybridized carbons (Fsp3) is 0.250. The number of hydrogen-bond donors (Lipinski definition) is 1. The first-order valence-electron chi connectivity index (χ1n) is 6.48. The van der Waals surface area contributed by atoms with E-state index in [-0.39, 0.29) is 5.91 Å². The molecule has 3 heteroatoms. The van der Waals surface area contributed by atoms with Crippen molar-refractivity contribution in [1.82, 2.24) is 4.98 Å². The molecule has 0 saturated heterocycles. The van der Waals surface area contributed by atoms with Crippen LogP contribution in [0.15, 0.2) is 42.7 Å². The Bertz CT molecular complexity index is 564. The van der Waals surface area contributed by atoms with E-state index in [0.717, 1.165) is 23.2 Å². The summed E-state index contributed by atoms with van der Waals surface area (Å²) in [4.78, 5) is 16.0. The number of anilines is 1. The molecule has 1 amide bonds. The van der Waals surface area contributed by atoms with E-state index >= 15 is 0 Å². The Hall–Kier alpha value is -2.16. The Kier molecular flexibility index (Phi) is 4.29. The number of aryl methyl sites for hydroxylation is 2. The highest BCUT2D eigenvalue weighted by Gasteiger charge is 2.09. The largest absolute Gasteiger partial charge is 0.325 e. The van der Waals surface area contributed by atoms with Gasteiger partial charge in [-0.05, 0) is 42.2 Å². The number of nitrogens with one attached hydrogen (secondary N) is 1. The summed E-state index contributed by atoms with van der Waals surface area (Å²) >= 11 is 0. The van der Waals surface area contributed by atoms with E-state index in [0.29, 0.717) is 6.42 Å². The first kappa shape index (κ1) is 13.3. The quantitative estimate of drug-likeness (QED) is 0.910. The third kappa shape index (κ3) is 3.41. The molecule has 0 aliphatic carbocycles. The van der Waals surface area contributed by atoms with Gasteiger partial charge in [-0.15, -0.1) is 0 Å². The van der Waals surface area contributed by atoms with Crippen LogP contribution >= 0.6 is 0 Å². The smallest absolute Gasteiger partial charge is 0.228 e. The van der Waals surface area contributed by atoms with Crippen molar-refractivity contribution in [2.45, 2.75) is 26.7 Å². The van der Waals surface area contributed by atoms with Crippen molar-refractivity contribution >= 4 is 11.6 Å². The fourth-order valence-corrected chi connectivity index (χ4v) is 2.07. The maximum Gasteiger partial charge on any atom is 0.228 e. The first-order valence-corrected chi connectivity index (χ1v) is 6.48. The molecule has 1 aromatic heterocycles. The van der Waals surface area contributed by atoms with Crippen molar-refractivity contribution in [3.8, 4) is 0 Å². The fourth-order valence-electron chi connectivity index (χ4n) is 2.07. The van der Waals surface area contributed by atoms with E-state index in [1.807, 2.05) is 31.2 Å². The van der Waals surface area contributed by atoms with Crippen molar-refractivity contribution in [3.05, 3.63) is 59.4 Å². The Balaban J connectivity index is 2.11. The van der Waals surface area contributed by atoms with Gasteiger partial charge in [-0.25, -0.2) is 0 Å². The highest BCUT2D eigenvalue weighted by atomic mass is 16.1. The number of pyridine rings is 1. The SMILES string of the molecule is CCc1cccc(C)c1NC(=O)Cc1ccncc1. The molecule has 0 unspecified atom stereocenters. The minimum absolute atomic E-state index is 0.00944. The molecule has 1 N–H and O–H groups in total. The molecule has 0 saturated carbocycles. The van der Waals surface area contributed by atoms with Gasteiger partial charge in [0.25, 0.3) is 0 Å². The molecule has 0 aliphatic heterocycles. The Labute approximate surface area is 113 Å². The molecule has 1 heterocycles. The van der Waals surface area contributed by atoms with Crippen LogP contribution < -0.4 is 5.32 Å². The van der Waals surface area contributed by atoms with Gasteiger partial charge in [-0.1, -0.05) is 25.1 Å². The van der Waals surface area contributed by atoms with Crippen molar-refractivity contribution in [2.75, 3.05) is 5.32 Å². The molecular weight excluding hydrogens is 236 g/mol. The number of aromatic nitrogens is 1. The molecular formula is C16H18N2O. The number of hydrogen-bond acceptors (Lipinski definition) is 2. The van der Waals surface area contributed by atoms with E-state index in [1.165, 1.54) is 5.56 Å². The maximum absolute atomic E-state index is 12.1. The monoisotopic (exact) mass is 254 g/mol. The summed E-state index contributed by atoms with van der Waals surface area (Å²) in [6.45, 7) is 4.11. The highest BCUT2D eigenvalue weighted by molar-refractivity contribution is 5.93. The number of carbonyl (C=O) groups is 1. The lowest BCUT2D eigenvalue weighted by Gasteiger charge is -2.12. The number of rotatable bonds is 4. The number of carbonyl (C=O) groups excluding carboxylic acids is 1. The number of amides is 1. The van der Waals surface area contributed by atoms with Crippen LogP contribution in [0.3, 0.4) is 0 Å². The highest BCUT2D eigenvalue weighted by Crippen LogP contribution is 2.21. The van der Waals surface area contributed by atoms with Gasteiger partial charge in [0.15, 0.2) is 0 Å². The molecule has 3 nitrogen and oxygen atoms in total. The van der Waals surface area contributed by atoms with Crippen LogP contribution in [0, 0.1) is 6.92 Å². The predicted molar refractivity (Wildman–Crippen MR) is 77.1 cm³/mol. The molecule has 0 atom stereocenters. The van der Waals surface area contributed by atoms with Crippen LogP contribution in [0.1, 0.15) is 23.6 Å². The molecule has 98 valence electrons. The van der Waals surface area contributed by atoms with Gasteiger partial charge in [0.05, 0.1) is 6.42 Å². The van der Waals surface area contributed by atoms with Crippen LogP contribution in [0.5, 0.6) is 0 Å². The second kappa shape index (κ2) is 6.14. The summed E-state index contributed by atoms with van der Waals surface area (Å²) in [7, 11) is 0. The normalized spacial score (nSPS) is 10.2. The average molecular weight is 254 g/mol. The van der Waals surface area contributed by atoms with Crippen LogP contribution in [0.4, 0.5) is 5.69 Å². The zero-order chi connectivity index (χ0) is 13.7. The molecule has 0 radical (unpaired) electrons. The number of benzene rings is 1. The van der Waals surface area contributed by atoms with E-state index in [4.69, 9.17) is 0 Å². The summed E-state index contributed by atoms with van der Waals surface area (Å²) in [5.41, 5.74) is 4.19. The van der Waals surface area contributed by atoms with Gasteiger partial charge in [0, 0.05) is 18.1 Å². The van der Waals surface area contributed by atoms with Crippen molar-refractivity contribution in [2.24, 2.45) is 0 Å². The van der Waals surface area contributed by atoms with E-state index < -0.39 is 0 Å². The van der Waals surface area contributed by atoms with Crippen LogP contribution in [-0.4, -0.2) is 10.9 Å². The third-order valence-corrected chi connectivity index (χ3v) is 3.12. The molecule has 0 bridgehead atoms. The van der Waals surface area contributed by atoms with Gasteiger partial charge >= 0.3 is 0 Å². The van der Waals surface area contributed by atoms with Crippen LogP contribution in [0.2, 0.25) is 0 Å². The molecule has 2 aromatic rings. The van der Waals surface area contributed by atoms with E-state index in [2.05, 4.69) is 23.3 Å². The molecule has 0 aliphatic rings. The Morgan fingerprint density at radius 3 is 2.63 bits per heavy atom. The second-order valence-corrected chi connectivity index (χ2v) is 4.54. The molecule has 0 spiro atoms. The van der Waals surface area contributed by atoms with Crippen LogP contribution in [-0.2, 0) is 17.6 Å². The van der Waals surface area contributed by atoms with Crippen molar-refractivity contribution < 1.29 is 4.79 Å². The summed E-state index contributed by atoms with van der Waals surface area (Å²) in [6.07, 6.45) is 4.69. The predicted octanol–water partition coefficient (Wildman–Crippen LogP) is 3.13. The van der Waals surface area contributed by atoms with E-state index in [9.17, 15) is 4.79 Å². The summed E-state index contributed by atoms with van der Waals surface area (Å²) < 4.78 is 0. The second-order valence-electron chi connectivity index (χ2n) is 4.54. The van der Waals surface area contributed by atoms with Gasteiger partial charge in [0.2, 0.25) is 5.91 Å². The van der Waals surface area contributed by atoms with Crippen molar-refractivity contribution in [3.63, 3.8) is 0 Å². The van der Waals surface area contributed by atoms with Gasteiger partial charge in [-0.3, -0.25) is 9.78 Å². The third-order valence-electron chi connectivity index (χ3n) is 3.12. The number of para-hydroxylation sites is 1. The summed E-state index contributed by atoms with van der Waals surface area (Å²) in [6, 6.07) is 9.80. The van der Waals surface area contributed by atoms with E-state index in [1.54, 1.807) is 12.4 Å². The lowest BCUT2D eigenvalue weighted by atomic mass is 10.1. The molecule has 2 rings (SSSR count). The topological polar surface area (TPSA) is 42.0 Å². The Morgan fingerprint density at radius 2 is 1.95 bits per heavy atom. The average Bonchev–Trinajstić information content (AvgIpc) is 2.42. The number of nitrogens with zero attached hydrogens (tertiary/aromatic N) is 1. The van der Waals surface area contributed by atoms with Gasteiger partial charge in [0.1, 0.15) is 0 Å². The van der Waals surface area contributed by atoms with Gasteiger partial charge in [-0.2, -0.15) is 0 Å². The van der Waals surface area contributed by atoms with Crippen LogP contribution in [0.25, 0.3) is 0 Å². The Morgan fingerprint density at radius 1 is 1.21 bits per heavy atom. The lowest BCUT2D eigenvalue weighted by Crippen LogP contribution is -2.16. The zero-order valence-corrected chi connectivity index (χ0v) is 11.3. The molecule has 1 aromatic carbocycles. The minimum Gasteiger partial charge on any atom is -0.325 e. The molecule has 19 heavy (non-hydrogen) atoms. The summed E-state index contributed by atoms with van der Waals surface area (Å²) in [5.74, 6) is 0.00944. The van der Waals surface area contributed by atoms with Crippen molar-refractivity contribution in [1.29, 1.82) is 0 Å². The minimum atomic E-state index is 0.00944. The first-order chi connectivity index (χ1) is 9.20.